The highest BCUT2D eigenvalue weighted by Gasteiger charge is 2.15. The van der Waals surface area contributed by atoms with Crippen LogP contribution in [0.4, 0.5) is 0 Å². The Labute approximate surface area is 109 Å². The van der Waals surface area contributed by atoms with Gasteiger partial charge in [-0.1, -0.05) is 34.1 Å². The Morgan fingerprint density at radius 3 is 2.76 bits per heavy atom. The van der Waals surface area contributed by atoms with Crippen molar-refractivity contribution in [3.8, 4) is 0 Å². The fourth-order valence-corrected chi connectivity index (χ4v) is 2.50. The fraction of sp³-hybridized carbons (Fsp3) is 0.154. The molecule has 3 nitrogen and oxygen atoms in total. The van der Waals surface area contributed by atoms with Gasteiger partial charge < -0.3 is 0 Å². The zero-order valence-corrected chi connectivity index (χ0v) is 11.1. The number of hydrogen-bond acceptors (Lipinski definition) is 3. The molecule has 0 fully saturated rings. The number of nitrogens with zero attached hydrogens (tertiary/aromatic N) is 1. The molecular formula is C13H14BrN3. The Morgan fingerprint density at radius 2 is 2.18 bits per heavy atom. The molecule has 0 bridgehead atoms. The third-order valence-electron chi connectivity index (χ3n) is 2.65. The van der Waals surface area contributed by atoms with Crippen LogP contribution in [0.2, 0.25) is 0 Å². The Morgan fingerprint density at radius 1 is 1.35 bits per heavy atom. The lowest BCUT2D eigenvalue weighted by Gasteiger charge is -2.18. The molecule has 1 atom stereocenters. The van der Waals surface area contributed by atoms with Gasteiger partial charge in [-0.3, -0.25) is 10.8 Å². The largest absolute Gasteiger partial charge is 0.271 e. The number of aryl methyl sites for hydroxylation is 1. The third-order valence-corrected chi connectivity index (χ3v) is 3.34. The maximum absolute atomic E-state index is 5.65. The second kappa shape index (κ2) is 5.40. The number of hydrogen-bond donors (Lipinski definition) is 2. The second-order valence-electron chi connectivity index (χ2n) is 3.91. The average molecular weight is 292 g/mol. The monoisotopic (exact) mass is 291 g/mol. The Kier molecular flexibility index (Phi) is 3.89. The summed E-state index contributed by atoms with van der Waals surface area (Å²) in [6.07, 6.45) is 3.57. The van der Waals surface area contributed by atoms with Gasteiger partial charge in [-0.2, -0.15) is 0 Å². The summed E-state index contributed by atoms with van der Waals surface area (Å²) < 4.78 is 1.05. The summed E-state index contributed by atoms with van der Waals surface area (Å²) in [7, 11) is 0. The lowest BCUT2D eigenvalue weighted by atomic mass is 10.00. The van der Waals surface area contributed by atoms with E-state index in [1.165, 1.54) is 5.56 Å². The molecule has 1 unspecified atom stereocenters. The number of halogens is 1. The van der Waals surface area contributed by atoms with Gasteiger partial charge in [-0.15, -0.1) is 0 Å². The minimum atomic E-state index is -0.0568. The number of aromatic nitrogens is 1. The molecule has 2 rings (SSSR count). The molecule has 0 saturated heterocycles. The first kappa shape index (κ1) is 12.2. The van der Waals surface area contributed by atoms with E-state index in [0.29, 0.717) is 0 Å². The molecule has 3 N–H and O–H groups in total. The van der Waals surface area contributed by atoms with Crippen molar-refractivity contribution in [2.24, 2.45) is 5.84 Å². The highest BCUT2D eigenvalue weighted by Crippen LogP contribution is 2.28. The zero-order valence-electron chi connectivity index (χ0n) is 9.52. The smallest absolute Gasteiger partial charge is 0.0735 e. The van der Waals surface area contributed by atoms with Crippen LogP contribution in [0.25, 0.3) is 0 Å². The molecule has 2 aromatic rings. The quantitative estimate of drug-likeness (QED) is 0.675. The van der Waals surface area contributed by atoms with Crippen LogP contribution in [0.3, 0.4) is 0 Å². The van der Waals surface area contributed by atoms with E-state index in [9.17, 15) is 0 Å². The normalized spacial score (nSPS) is 12.4. The van der Waals surface area contributed by atoms with Gasteiger partial charge in [-0.25, -0.2) is 5.43 Å². The standard InChI is InChI=1S/C13H14BrN3/c1-9-4-5-11(12(14)7-9)13(17-15)10-3-2-6-16-8-10/h2-8,13,17H,15H2,1H3. The minimum absolute atomic E-state index is 0.0568. The van der Waals surface area contributed by atoms with Crippen molar-refractivity contribution in [3.63, 3.8) is 0 Å². The SMILES string of the molecule is Cc1ccc(C(NN)c2cccnc2)c(Br)c1. The minimum Gasteiger partial charge on any atom is -0.271 e. The van der Waals surface area contributed by atoms with E-state index in [1.807, 2.05) is 18.3 Å². The van der Waals surface area contributed by atoms with Crippen LogP contribution < -0.4 is 11.3 Å². The van der Waals surface area contributed by atoms with E-state index in [-0.39, 0.29) is 6.04 Å². The van der Waals surface area contributed by atoms with Crippen molar-refractivity contribution in [1.29, 1.82) is 0 Å². The van der Waals surface area contributed by atoms with Gasteiger partial charge in [-0.05, 0) is 35.7 Å². The Bertz CT molecular complexity index is 499. The van der Waals surface area contributed by atoms with E-state index in [0.717, 1.165) is 15.6 Å². The van der Waals surface area contributed by atoms with Crippen molar-refractivity contribution in [2.75, 3.05) is 0 Å². The summed E-state index contributed by atoms with van der Waals surface area (Å²) in [5, 5.41) is 0. The average Bonchev–Trinajstić information content (AvgIpc) is 2.34. The lowest BCUT2D eigenvalue weighted by Crippen LogP contribution is -2.29. The van der Waals surface area contributed by atoms with E-state index < -0.39 is 0 Å². The van der Waals surface area contributed by atoms with Gasteiger partial charge in [0.05, 0.1) is 6.04 Å². The van der Waals surface area contributed by atoms with E-state index in [1.54, 1.807) is 6.20 Å². The van der Waals surface area contributed by atoms with E-state index >= 15 is 0 Å². The summed E-state index contributed by atoms with van der Waals surface area (Å²) >= 11 is 3.57. The molecule has 0 radical (unpaired) electrons. The van der Waals surface area contributed by atoms with E-state index in [2.05, 4.69) is 51.5 Å². The first-order valence-electron chi connectivity index (χ1n) is 5.34. The van der Waals surface area contributed by atoms with Gasteiger partial charge in [0, 0.05) is 16.9 Å². The molecule has 17 heavy (non-hydrogen) atoms. The highest BCUT2D eigenvalue weighted by atomic mass is 79.9. The molecule has 0 saturated carbocycles. The van der Waals surface area contributed by atoms with Crippen LogP contribution in [0.1, 0.15) is 22.7 Å². The molecular weight excluding hydrogens is 278 g/mol. The van der Waals surface area contributed by atoms with Gasteiger partial charge in [0.2, 0.25) is 0 Å². The van der Waals surface area contributed by atoms with Crippen molar-refractivity contribution < 1.29 is 0 Å². The molecule has 1 heterocycles. The Balaban J connectivity index is 2.42. The molecule has 1 aromatic heterocycles. The summed E-state index contributed by atoms with van der Waals surface area (Å²) in [6, 6.07) is 10.1. The topological polar surface area (TPSA) is 50.9 Å². The number of benzene rings is 1. The van der Waals surface area contributed by atoms with Crippen molar-refractivity contribution in [3.05, 3.63) is 63.9 Å². The predicted octanol–water partition coefficient (Wildman–Crippen LogP) is 2.71. The van der Waals surface area contributed by atoms with E-state index in [4.69, 9.17) is 5.84 Å². The van der Waals surface area contributed by atoms with Crippen LogP contribution in [0, 0.1) is 6.92 Å². The fourth-order valence-electron chi connectivity index (χ4n) is 1.78. The number of pyridine rings is 1. The van der Waals surface area contributed by atoms with Crippen molar-refractivity contribution in [1.82, 2.24) is 10.4 Å². The zero-order chi connectivity index (χ0) is 12.3. The summed E-state index contributed by atoms with van der Waals surface area (Å²) in [4.78, 5) is 4.12. The van der Waals surface area contributed by atoms with Gasteiger partial charge in [0.15, 0.2) is 0 Å². The molecule has 4 heteroatoms. The predicted molar refractivity (Wildman–Crippen MR) is 72.3 cm³/mol. The summed E-state index contributed by atoms with van der Waals surface area (Å²) in [6.45, 7) is 2.06. The van der Waals surface area contributed by atoms with Crippen LogP contribution in [-0.2, 0) is 0 Å². The number of nitrogens with two attached hydrogens (primary N) is 1. The molecule has 1 aromatic carbocycles. The molecule has 0 amide bonds. The van der Waals surface area contributed by atoms with Gasteiger partial charge in [0.25, 0.3) is 0 Å². The highest BCUT2D eigenvalue weighted by molar-refractivity contribution is 9.10. The van der Waals surface area contributed by atoms with Crippen molar-refractivity contribution >= 4 is 15.9 Å². The number of nitrogens with one attached hydrogen (secondary N) is 1. The summed E-state index contributed by atoms with van der Waals surface area (Å²) in [5.74, 6) is 5.65. The maximum atomic E-state index is 5.65. The molecule has 88 valence electrons. The maximum Gasteiger partial charge on any atom is 0.0735 e. The van der Waals surface area contributed by atoms with Crippen LogP contribution in [0.15, 0.2) is 47.2 Å². The molecule has 0 spiro atoms. The molecule has 0 aliphatic heterocycles. The first-order valence-corrected chi connectivity index (χ1v) is 6.14. The van der Waals surface area contributed by atoms with Crippen LogP contribution in [-0.4, -0.2) is 4.98 Å². The van der Waals surface area contributed by atoms with Crippen LogP contribution in [0.5, 0.6) is 0 Å². The second-order valence-corrected chi connectivity index (χ2v) is 4.77. The summed E-state index contributed by atoms with van der Waals surface area (Å²) in [5.41, 5.74) is 6.18. The lowest BCUT2D eigenvalue weighted by molar-refractivity contribution is 0.632. The molecule has 0 aliphatic carbocycles. The number of hydrazine groups is 1. The third kappa shape index (κ3) is 2.72. The Hall–Kier alpha value is -1.23. The number of rotatable bonds is 3. The van der Waals surface area contributed by atoms with Crippen molar-refractivity contribution in [2.45, 2.75) is 13.0 Å². The molecule has 0 aliphatic rings. The van der Waals surface area contributed by atoms with Crippen LogP contribution >= 0.6 is 15.9 Å². The van der Waals surface area contributed by atoms with Gasteiger partial charge >= 0.3 is 0 Å². The van der Waals surface area contributed by atoms with Gasteiger partial charge in [0.1, 0.15) is 0 Å². The first-order chi connectivity index (χ1) is 8.22.